The number of carbonyl (C=O) groups is 1. The number of aryl methyl sites for hydroxylation is 1. The van der Waals surface area contributed by atoms with E-state index in [1.807, 2.05) is 19.1 Å². The van der Waals surface area contributed by atoms with Gasteiger partial charge in [-0.1, -0.05) is 42.5 Å². The minimum atomic E-state index is -0.0674. The number of piperidine rings is 1. The molecule has 5 nitrogen and oxygen atoms in total. The number of esters is 1. The molecule has 2 aromatic carbocycles. The lowest BCUT2D eigenvalue weighted by Gasteiger charge is -2.31. The summed E-state index contributed by atoms with van der Waals surface area (Å²) in [5.74, 6) is 0.760. The molecular formula is C27H35NO4. The van der Waals surface area contributed by atoms with Gasteiger partial charge in [-0.3, -0.25) is 4.79 Å². The highest BCUT2D eigenvalue weighted by Crippen LogP contribution is 2.28. The number of carbonyl (C=O) groups excluding carboxylic acids is 1. The quantitative estimate of drug-likeness (QED) is 0.397. The van der Waals surface area contributed by atoms with Crippen molar-refractivity contribution in [2.45, 2.75) is 26.7 Å². The van der Waals surface area contributed by atoms with Crippen molar-refractivity contribution in [1.82, 2.24) is 4.90 Å². The molecule has 2 aromatic rings. The topological polar surface area (TPSA) is 48.0 Å². The molecule has 0 amide bonds. The Kier molecular flexibility index (Phi) is 9.32. The van der Waals surface area contributed by atoms with Gasteiger partial charge in [0.1, 0.15) is 5.75 Å². The standard InChI is InChI=1S/C27H35NO4/c1-4-32-27(29)23-11-8-15-28(20-23)16-18-31-17-14-26(25-13-6-5-9-21(25)2)22-10-7-12-24(19-22)30-3/h5-7,9-10,12-14,19,23H,4,8,11,15-18,20H2,1-3H3/t23-/m1/s1. The van der Waals surface area contributed by atoms with Crippen molar-refractivity contribution >= 4 is 11.5 Å². The van der Waals surface area contributed by atoms with Gasteiger partial charge in [-0.2, -0.15) is 0 Å². The van der Waals surface area contributed by atoms with E-state index in [4.69, 9.17) is 14.2 Å². The molecule has 5 heteroatoms. The van der Waals surface area contributed by atoms with Crippen LogP contribution in [0.4, 0.5) is 0 Å². The number of hydrogen-bond donors (Lipinski definition) is 0. The van der Waals surface area contributed by atoms with Crippen LogP contribution in [0.25, 0.3) is 5.57 Å². The van der Waals surface area contributed by atoms with Crippen molar-refractivity contribution in [2.24, 2.45) is 5.92 Å². The van der Waals surface area contributed by atoms with Gasteiger partial charge in [0.05, 0.1) is 32.8 Å². The Morgan fingerprint density at radius 2 is 2.03 bits per heavy atom. The van der Waals surface area contributed by atoms with Crippen LogP contribution in [0.5, 0.6) is 5.75 Å². The van der Waals surface area contributed by atoms with Crippen LogP contribution in [0, 0.1) is 12.8 Å². The molecule has 1 atom stereocenters. The van der Waals surface area contributed by atoms with Gasteiger partial charge < -0.3 is 19.1 Å². The van der Waals surface area contributed by atoms with Gasteiger partial charge in [0, 0.05) is 13.1 Å². The van der Waals surface area contributed by atoms with E-state index in [-0.39, 0.29) is 11.9 Å². The average Bonchev–Trinajstić information content (AvgIpc) is 2.82. The minimum absolute atomic E-state index is 0.00989. The molecule has 1 aliphatic heterocycles. The fourth-order valence-electron chi connectivity index (χ4n) is 4.18. The van der Waals surface area contributed by atoms with E-state index >= 15 is 0 Å². The third kappa shape index (κ3) is 6.68. The molecule has 172 valence electrons. The number of hydrogen-bond acceptors (Lipinski definition) is 5. The van der Waals surface area contributed by atoms with Crippen molar-refractivity contribution < 1.29 is 19.0 Å². The molecule has 32 heavy (non-hydrogen) atoms. The molecule has 1 heterocycles. The summed E-state index contributed by atoms with van der Waals surface area (Å²) >= 11 is 0. The molecule has 1 saturated heterocycles. The second-order valence-corrected chi connectivity index (χ2v) is 8.13. The van der Waals surface area contributed by atoms with E-state index in [0.717, 1.165) is 49.4 Å². The average molecular weight is 438 g/mol. The SMILES string of the molecule is CCOC(=O)[C@@H]1CCCN(CCOCC=C(c2cccc(OC)c2)c2ccccc2C)C1. The van der Waals surface area contributed by atoms with Crippen LogP contribution in [-0.4, -0.2) is 57.4 Å². The highest BCUT2D eigenvalue weighted by Gasteiger charge is 2.26. The van der Waals surface area contributed by atoms with Crippen LogP contribution in [0.15, 0.2) is 54.6 Å². The monoisotopic (exact) mass is 437 g/mol. The van der Waals surface area contributed by atoms with Gasteiger partial charge in [0.15, 0.2) is 0 Å². The van der Waals surface area contributed by atoms with E-state index in [9.17, 15) is 4.79 Å². The normalized spacial score (nSPS) is 17.2. The molecule has 1 aliphatic rings. The first-order valence-corrected chi connectivity index (χ1v) is 11.5. The van der Waals surface area contributed by atoms with Gasteiger partial charge in [-0.15, -0.1) is 0 Å². The summed E-state index contributed by atoms with van der Waals surface area (Å²) in [6.07, 6.45) is 4.09. The molecule has 0 unspecified atom stereocenters. The number of rotatable bonds is 10. The summed E-state index contributed by atoms with van der Waals surface area (Å²) in [6, 6.07) is 16.5. The van der Waals surface area contributed by atoms with Crippen molar-refractivity contribution in [3.63, 3.8) is 0 Å². The van der Waals surface area contributed by atoms with E-state index in [0.29, 0.717) is 19.8 Å². The summed E-state index contributed by atoms with van der Waals surface area (Å²) < 4.78 is 16.6. The van der Waals surface area contributed by atoms with Crippen LogP contribution in [-0.2, 0) is 14.3 Å². The maximum atomic E-state index is 12.0. The minimum Gasteiger partial charge on any atom is -0.497 e. The molecule has 1 fully saturated rings. The molecule has 0 aromatic heterocycles. The smallest absolute Gasteiger partial charge is 0.310 e. The van der Waals surface area contributed by atoms with Crippen LogP contribution in [0.1, 0.15) is 36.5 Å². The maximum absolute atomic E-state index is 12.0. The van der Waals surface area contributed by atoms with Crippen molar-refractivity contribution in [2.75, 3.05) is 46.6 Å². The first-order chi connectivity index (χ1) is 15.6. The van der Waals surface area contributed by atoms with Crippen molar-refractivity contribution in [3.8, 4) is 5.75 Å². The zero-order chi connectivity index (χ0) is 22.8. The largest absolute Gasteiger partial charge is 0.497 e. The fraction of sp³-hybridized carbons (Fsp3) is 0.444. The second kappa shape index (κ2) is 12.4. The summed E-state index contributed by atoms with van der Waals surface area (Å²) in [7, 11) is 1.69. The van der Waals surface area contributed by atoms with Gasteiger partial charge in [-0.05, 0) is 67.6 Å². The van der Waals surface area contributed by atoms with Crippen LogP contribution >= 0.6 is 0 Å². The summed E-state index contributed by atoms with van der Waals surface area (Å²) in [4.78, 5) is 14.3. The molecule has 3 rings (SSSR count). The number of methoxy groups -OCH3 is 1. The first kappa shape index (κ1) is 24.0. The Hall–Kier alpha value is -2.63. The van der Waals surface area contributed by atoms with Gasteiger partial charge in [0.2, 0.25) is 0 Å². The molecule has 0 N–H and O–H groups in total. The van der Waals surface area contributed by atoms with Crippen LogP contribution in [0.3, 0.4) is 0 Å². The van der Waals surface area contributed by atoms with Crippen molar-refractivity contribution in [1.29, 1.82) is 0 Å². The van der Waals surface area contributed by atoms with E-state index in [2.05, 4.69) is 54.3 Å². The highest BCUT2D eigenvalue weighted by molar-refractivity contribution is 5.81. The lowest BCUT2D eigenvalue weighted by Crippen LogP contribution is -2.40. The Labute approximate surface area is 192 Å². The zero-order valence-electron chi connectivity index (χ0n) is 19.5. The first-order valence-electron chi connectivity index (χ1n) is 11.5. The van der Waals surface area contributed by atoms with Crippen LogP contribution < -0.4 is 4.74 Å². The van der Waals surface area contributed by atoms with E-state index in [1.165, 1.54) is 11.1 Å². The lowest BCUT2D eigenvalue weighted by molar-refractivity contribution is -0.150. The van der Waals surface area contributed by atoms with Crippen molar-refractivity contribution in [3.05, 3.63) is 71.3 Å². The summed E-state index contributed by atoms with van der Waals surface area (Å²) in [6.45, 7) is 8.17. The molecule has 0 radical (unpaired) electrons. The molecule has 0 aliphatic carbocycles. The van der Waals surface area contributed by atoms with Gasteiger partial charge >= 0.3 is 5.97 Å². The second-order valence-electron chi connectivity index (χ2n) is 8.13. The predicted molar refractivity (Wildman–Crippen MR) is 128 cm³/mol. The molecule has 0 bridgehead atoms. The number of nitrogens with zero attached hydrogens (tertiary/aromatic N) is 1. The Balaban J connectivity index is 1.60. The summed E-state index contributed by atoms with van der Waals surface area (Å²) in [5.41, 5.74) is 4.66. The zero-order valence-corrected chi connectivity index (χ0v) is 19.5. The van der Waals surface area contributed by atoms with Crippen LogP contribution in [0.2, 0.25) is 0 Å². The lowest BCUT2D eigenvalue weighted by atomic mass is 9.94. The Bertz CT molecular complexity index is 908. The molecule has 0 spiro atoms. The predicted octanol–water partition coefficient (Wildman–Crippen LogP) is 4.73. The Morgan fingerprint density at radius 3 is 2.81 bits per heavy atom. The fourth-order valence-corrected chi connectivity index (χ4v) is 4.18. The maximum Gasteiger partial charge on any atom is 0.310 e. The molecular weight excluding hydrogens is 402 g/mol. The third-order valence-corrected chi connectivity index (χ3v) is 5.90. The van der Waals surface area contributed by atoms with E-state index in [1.54, 1.807) is 7.11 Å². The molecule has 0 saturated carbocycles. The Morgan fingerprint density at radius 1 is 1.19 bits per heavy atom. The van der Waals surface area contributed by atoms with E-state index < -0.39 is 0 Å². The number of benzene rings is 2. The number of likely N-dealkylation sites (tertiary alicyclic amines) is 1. The third-order valence-electron chi connectivity index (χ3n) is 5.90. The van der Waals surface area contributed by atoms with Gasteiger partial charge in [-0.25, -0.2) is 0 Å². The number of ether oxygens (including phenoxy) is 3. The highest BCUT2D eigenvalue weighted by atomic mass is 16.5. The van der Waals surface area contributed by atoms with Gasteiger partial charge in [0.25, 0.3) is 0 Å². The summed E-state index contributed by atoms with van der Waals surface area (Å²) in [5, 5.41) is 0.